The molecule has 120 valence electrons. The molecule has 4 nitrogen and oxygen atoms in total. The number of rotatable bonds is 5. The van der Waals surface area contributed by atoms with E-state index in [1.54, 1.807) is 0 Å². The monoisotopic (exact) mass is 293 g/mol. The summed E-state index contributed by atoms with van der Waals surface area (Å²) in [4.78, 5) is 4.66. The van der Waals surface area contributed by atoms with E-state index in [4.69, 9.17) is 4.74 Å². The molecular weight excluding hydrogens is 262 g/mol. The summed E-state index contributed by atoms with van der Waals surface area (Å²) in [5.41, 5.74) is 0.405. The minimum atomic E-state index is 0.405. The molecular formula is C17H31N3O. The third kappa shape index (κ3) is 2.92. The van der Waals surface area contributed by atoms with Gasteiger partial charge < -0.3 is 15.4 Å². The van der Waals surface area contributed by atoms with E-state index in [0.717, 1.165) is 25.5 Å². The molecule has 4 heteroatoms. The minimum Gasteiger partial charge on any atom is -0.378 e. The smallest absolute Gasteiger partial charge is 0.191 e. The fourth-order valence-corrected chi connectivity index (χ4v) is 4.36. The SMILES string of the molecule is CCN=C(NC1CCCC1)NC1CC(OCC)C12CCC2. The quantitative estimate of drug-likeness (QED) is 0.605. The van der Waals surface area contributed by atoms with Crippen molar-refractivity contribution in [2.24, 2.45) is 10.4 Å². The molecule has 0 aromatic heterocycles. The second kappa shape index (κ2) is 6.55. The van der Waals surface area contributed by atoms with Gasteiger partial charge >= 0.3 is 0 Å². The molecule has 0 heterocycles. The molecule has 2 atom stereocenters. The van der Waals surface area contributed by atoms with Crippen molar-refractivity contribution in [1.29, 1.82) is 0 Å². The lowest BCUT2D eigenvalue weighted by Gasteiger charge is -2.61. The molecule has 3 rings (SSSR count). The molecule has 2 unspecified atom stereocenters. The molecule has 0 amide bonds. The van der Waals surface area contributed by atoms with Gasteiger partial charge in [-0.25, -0.2) is 0 Å². The zero-order chi connectivity index (χ0) is 14.7. The van der Waals surface area contributed by atoms with Crippen molar-refractivity contribution in [3.05, 3.63) is 0 Å². The Morgan fingerprint density at radius 2 is 1.90 bits per heavy atom. The predicted molar refractivity (Wildman–Crippen MR) is 86.6 cm³/mol. The maximum atomic E-state index is 5.94. The molecule has 0 saturated heterocycles. The maximum absolute atomic E-state index is 5.94. The second-order valence-electron chi connectivity index (χ2n) is 6.91. The minimum absolute atomic E-state index is 0.405. The Bertz CT molecular complexity index is 372. The average molecular weight is 293 g/mol. The Morgan fingerprint density at radius 1 is 1.14 bits per heavy atom. The van der Waals surface area contributed by atoms with Gasteiger partial charge in [0.25, 0.3) is 0 Å². The first-order valence-electron chi connectivity index (χ1n) is 8.97. The number of guanidine groups is 1. The van der Waals surface area contributed by atoms with Gasteiger partial charge in [-0.3, -0.25) is 4.99 Å². The number of nitrogens with zero attached hydrogens (tertiary/aromatic N) is 1. The van der Waals surface area contributed by atoms with E-state index in [-0.39, 0.29) is 0 Å². The molecule has 21 heavy (non-hydrogen) atoms. The first-order chi connectivity index (χ1) is 10.3. The molecule has 0 aromatic carbocycles. The largest absolute Gasteiger partial charge is 0.378 e. The number of aliphatic imine (C=N–C) groups is 1. The summed E-state index contributed by atoms with van der Waals surface area (Å²) in [7, 11) is 0. The van der Waals surface area contributed by atoms with Gasteiger partial charge in [-0.05, 0) is 46.0 Å². The van der Waals surface area contributed by atoms with Crippen LogP contribution in [0.2, 0.25) is 0 Å². The Morgan fingerprint density at radius 3 is 2.48 bits per heavy atom. The van der Waals surface area contributed by atoms with Crippen LogP contribution in [0.5, 0.6) is 0 Å². The summed E-state index contributed by atoms with van der Waals surface area (Å²) >= 11 is 0. The molecule has 3 aliphatic carbocycles. The van der Waals surface area contributed by atoms with Crippen LogP contribution in [0.3, 0.4) is 0 Å². The summed E-state index contributed by atoms with van der Waals surface area (Å²) in [5, 5.41) is 7.37. The Labute approximate surface area is 129 Å². The van der Waals surface area contributed by atoms with Crippen LogP contribution in [-0.2, 0) is 4.74 Å². The molecule has 3 fully saturated rings. The topological polar surface area (TPSA) is 45.7 Å². The molecule has 3 aliphatic rings. The lowest BCUT2D eigenvalue weighted by atomic mass is 9.51. The highest BCUT2D eigenvalue weighted by Gasteiger charge is 2.59. The lowest BCUT2D eigenvalue weighted by molar-refractivity contribution is -0.168. The van der Waals surface area contributed by atoms with Gasteiger partial charge in [-0.1, -0.05) is 19.3 Å². The van der Waals surface area contributed by atoms with Gasteiger partial charge in [-0.2, -0.15) is 0 Å². The van der Waals surface area contributed by atoms with Gasteiger partial charge in [0.15, 0.2) is 5.96 Å². The standard InChI is InChI=1S/C17H31N3O/c1-3-18-16(19-13-8-5-6-9-13)20-14-12-15(21-4-2)17(14)10-7-11-17/h13-15H,3-12H2,1-2H3,(H2,18,19,20). The van der Waals surface area contributed by atoms with Crippen LogP contribution in [0.25, 0.3) is 0 Å². The molecule has 3 saturated carbocycles. The Balaban J connectivity index is 1.57. The van der Waals surface area contributed by atoms with Crippen molar-refractivity contribution in [3.63, 3.8) is 0 Å². The Kier molecular flexibility index (Phi) is 4.72. The summed E-state index contributed by atoms with van der Waals surface area (Å²) in [6.45, 7) is 5.91. The summed E-state index contributed by atoms with van der Waals surface area (Å²) in [6.07, 6.45) is 10.9. The van der Waals surface area contributed by atoms with Gasteiger partial charge in [0.1, 0.15) is 0 Å². The van der Waals surface area contributed by atoms with Crippen LogP contribution in [0, 0.1) is 5.41 Å². The van der Waals surface area contributed by atoms with E-state index in [1.165, 1.54) is 44.9 Å². The highest BCUT2D eigenvalue weighted by molar-refractivity contribution is 5.80. The molecule has 0 aliphatic heterocycles. The van der Waals surface area contributed by atoms with Crippen molar-refractivity contribution < 1.29 is 4.74 Å². The fraction of sp³-hybridized carbons (Fsp3) is 0.941. The van der Waals surface area contributed by atoms with Crippen LogP contribution in [0.4, 0.5) is 0 Å². The van der Waals surface area contributed by atoms with Crippen molar-refractivity contribution in [2.75, 3.05) is 13.2 Å². The van der Waals surface area contributed by atoms with E-state index >= 15 is 0 Å². The highest BCUT2D eigenvalue weighted by Crippen LogP contribution is 2.57. The normalized spacial score (nSPS) is 31.8. The third-order valence-electron chi connectivity index (χ3n) is 5.76. The van der Waals surface area contributed by atoms with Gasteiger partial charge in [0.2, 0.25) is 0 Å². The van der Waals surface area contributed by atoms with E-state index in [2.05, 4.69) is 29.5 Å². The molecule has 0 bridgehead atoms. The number of ether oxygens (including phenoxy) is 1. The summed E-state index contributed by atoms with van der Waals surface area (Å²) < 4.78 is 5.94. The fourth-order valence-electron chi connectivity index (χ4n) is 4.36. The highest BCUT2D eigenvalue weighted by atomic mass is 16.5. The number of nitrogens with one attached hydrogen (secondary N) is 2. The number of hydrogen-bond acceptors (Lipinski definition) is 2. The zero-order valence-electron chi connectivity index (χ0n) is 13.7. The van der Waals surface area contributed by atoms with Crippen molar-refractivity contribution in [2.45, 2.75) is 83.4 Å². The van der Waals surface area contributed by atoms with Crippen molar-refractivity contribution in [1.82, 2.24) is 10.6 Å². The van der Waals surface area contributed by atoms with E-state index in [9.17, 15) is 0 Å². The maximum Gasteiger partial charge on any atom is 0.191 e. The second-order valence-corrected chi connectivity index (χ2v) is 6.91. The van der Waals surface area contributed by atoms with E-state index < -0.39 is 0 Å². The first-order valence-corrected chi connectivity index (χ1v) is 8.97. The predicted octanol–water partition coefficient (Wildman–Crippen LogP) is 2.83. The third-order valence-corrected chi connectivity index (χ3v) is 5.76. The Hall–Kier alpha value is -0.770. The van der Waals surface area contributed by atoms with Gasteiger partial charge in [0, 0.05) is 30.7 Å². The molecule has 2 N–H and O–H groups in total. The zero-order valence-corrected chi connectivity index (χ0v) is 13.7. The van der Waals surface area contributed by atoms with Crippen LogP contribution in [0.15, 0.2) is 4.99 Å². The molecule has 0 radical (unpaired) electrons. The lowest BCUT2D eigenvalue weighted by Crippen LogP contribution is -2.69. The number of hydrogen-bond donors (Lipinski definition) is 2. The van der Waals surface area contributed by atoms with Crippen molar-refractivity contribution >= 4 is 5.96 Å². The van der Waals surface area contributed by atoms with Crippen LogP contribution in [0.1, 0.15) is 65.2 Å². The van der Waals surface area contributed by atoms with Gasteiger partial charge in [0.05, 0.1) is 6.10 Å². The summed E-state index contributed by atoms with van der Waals surface area (Å²) in [6, 6.07) is 1.19. The van der Waals surface area contributed by atoms with E-state index in [0.29, 0.717) is 23.6 Å². The van der Waals surface area contributed by atoms with Gasteiger partial charge in [-0.15, -0.1) is 0 Å². The van der Waals surface area contributed by atoms with Crippen molar-refractivity contribution in [3.8, 4) is 0 Å². The van der Waals surface area contributed by atoms with Crippen LogP contribution >= 0.6 is 0 Å². The molecule has 1 spiro atoms. The van der Waals surface area contributed by atoms with Crippen LogP contribution in [-0.4, -0.2) is 37.3 Å². The average Bonchev–Trinajstić information content (AvgIpc) is 2.88. The first kappa shape index (κ1) is 15.1. The van der Waals surface area contributed by atoms with E-state index in [1.807, 2.05) is 0 Å². The van der Waals surface area contributed by atoms with Crippen LogP contribution < -0.4 is 10.6 Å². The summed E-state index contributed by atoms with van der Waals surface area (Å²) in [5.74, 6) is 1.04. The molecule has 0 aromatic rings.